The number of hydrogen-bond donors (Lipinski definition) is 1. The van der Waals surface area contributed by atoms with E-state index in [2.05, 4.69) is 5.32 Å². The third-order valence-electron chi connectivity index (χ3n) is 4.39. The standard InChI is InChI=1S/C21H22N2O2S3/c1-15-8-4-5-10-17(15)22-19(24)11-3-2-6-12-23-20(25)18(28-21(23)26)14-16-9-7-13-27-16/h4-5,7-10,13-14H,2-3,6,11-12H2,1H3,(H,22,24). The van der Waals surface area contributed by atoms with Crippen LogP contribution < -0.4 is 5.32 Å². The fourth-order valence-electron chi connectivity index (χ4n) is 2.85. The van der Waals surface area contributed by atoms with Crippen molar-refractivity contribution >= 4 is 63.2 Å². The summed E-state index contributed by atoms with van der Waals surface area (Å²) < 4.78 is 0.616. The van der Waals surface area contributed by atoms with Crippen molar-refractivity contribution in [2.75, 3.05) is 11.9 Å². The number of para-hydroxylation sites is 1. The van der Waals surface area contributed by atoms with Crippen LogP contribution in [0.3, 0.4) is 0 Å². The summed E-state index contributed by atoms with van der Waals surface area (Å²) in [5.41, 5.74) is 1.92. The lowest BCUT2D eigenvalue weighted by atomic mass is 10.1. The van der Waals surface area contributed by atoms with Crippen molar-refractivity contribution in [3.8, 4) is 0 Å². The molecule has 1 aromatic carbocycles. The van der Waals surface area contributed by atoms with Crippen LogP contribution in [0.1, 0.15) is 36.1 Å². The number of anilines is 1. The fourth-order valence-corrected chi connectivity index (χ4v) is 4.88. The first-order valence-corrected chi connectivity index (χ1v) is 11.3. The van der Waals surface area contributed by atoms with Crippen molar-refractivity contribution in [2.24, 2.45) is 0 Å². The Kier molecular flexibility index (Phi) is 7.42. The summed E-state index contributed by atoms with van der Waals surface area (Å²) in [6.45, 7) is 2.58. The van der Waals surface area contributed by atoms with Gasteiger partial charge < -0.3 is 5.32 Å². The molecule has 1 saturated heterocycles. The lowest BCUT2D eigenvalue weighted by Crippen LogP contribution is -2.29. The van der Waals surface area contributed by atoms with E-state index in [1.165, 1.54) is 11.8 Å². The predicted octanol–water partition coefficient (Wildman–Crippen LogP) is 5.46. The molecule has 146 valence electrons. The predicted molar refractivity (Wildman–Crippen MR) is 122 cm³/mol. The summed E-state index contributed by atoms with van der Waals surface area (Å²) in [4.78, 5) is 28.0. The zero-order chi connectivity index (χ0) is 19.9. The van der Waals surface area contributed by atoms with E-state index < -0.39 is 0 Å². The molecule has 1 aliphatic rings. The number of amides is 2. The molecule has 28 heavy (non-hydrogen) atoms. The zero-order valence-electron chi connectivity index (χ0n) is 15.6. The quantitative estimate of drug-likeness (QED) is 0.343. The van der Waals surface area contributed by atoms with Gasteiger partial charge in [-0.05, 0) is 48.9 Å². The van der Waals surface area contributed by atoms with Gasteiger partial charge in [-0.3, -0.25) is 14.5 Å². The number of unbranched alkanes of at least 4 members (excludes halogenated alkanes) is 2. The molecule has 0 bridgehead atoms. The molecule has 0 atom stereocenters. The van der Waals surface area contributed by atoms with Crippen molar-refractivity contribution in [1.82, 2.24) is 4.90 Å². The fraction of sp³-hybridized carbons (Fsp3) is 0.286. The molecule has 7 heteroatoms. The van der Waals surface area contributed by atoms with Gasteiger partial charge in [-0.15, -0.1) is 11.3 Å². The molecule has 1 N–H and O–H groups in total. The number of nitrogens with one attached hydrogen (secondary N) is 1. The summed E-state index contributed by atoms with van der Waals surface area (Å²) in [6.07, 6.45) is 4.88. The Morgan fingerprint density at radius 1 is 1.18 bits per heavy atom. The smallest absolute Gasteiger partial charge is 0.266 e. The van der Waals surface area contributed by atoms with Crippen molar-refractivity contribution < 1.29 is 9.59 Å². The lowest BCUT2D eigenvalue weighted by molar-refractivity contribution is -0.122. The Morgan fingerprint density at radius 2 is 2.00 bits per heavy atom. The molecule has 0 spiro atoms. The molecule has 1 aromatic heterocycles. The van der Waals surface area contributed by atoms with Crippen LogP contribution in [0.5, 0.6) is 0 Å². The number of carbonyl (C=O) groups excluding carboxylic acids is 2. The van der Waals surface area contributed by atoms with Crippen molar-refractivity contribution in [3.05, 3.63) is 57.1 Å². The van der Waals surface area contributed by atoms with Crippen LogP contribution in [0, 0.1) is 6.92 Å². The van der Waals surface area contributed by atoms with Gasteiger partial charge in [0.2, 0.25) is 5.91 Å². The molecule has 2 amide bonds. The van der Waals surface area contributed by atoms with Crippen LogP contribution in [0.15, 0.2) is 46.7 Å². The first-order chi connectivity index (χ1) is 13.5. The van der Waals surface area contributed by atoms with Crippen LogP contribution in [0.25, 0.3) is 6.08 Å². The average molecular weight is 431 g/mol. The number of thiocarbonyl (C=S) groups is 1. The second kappa shape index (κ2) is 10.0. The van der Waals surface area contributed by atoms with Crippen LogP contribution in [-0.2, 0) is 9.59 Å². The maximum Gasteiger partial charge on any atom is 0.266 e. The zero-order valence-corrected chi connectivity index (χ0v) is 18.1. The molecule has 1 fully saturated rings. The van der Waals surface area contributed by atoms with Gasteiger partial charge in [0.15, 0.2) is 0 Å². The van der Waals surface area contributed by atoms with Gasteiger partial charge in [-0.25, -0.2) is 0 Å². The van der Waals surface area contributed by atoms with Gasteiger partial charge in [0.25, 0.3) is 5.91 Å². The number of hydrogen-bond acceptors (Lipinski definition) is 5. The Balaban J connectivity index is 1.39. The molecular weight excluding hydrogens is 408 g/mol. The summed E-state index contributed by atoms with van der Waals surface area (Å²) in [6, 6.07) is 11.7. The Bertz CT molecular complexity index is 891. The highest BCUT2D eigenvalue weighted by Crippen LogP contribution is 2.33. The molecule has 2 aromatic rings. The van der Waals surface area contributed by atoms with Crippen LogP contribution in [0.4, 0.5) is 5.69 Å². The second-order valence-electron chi connectivity index (χ2n) is 6.52. The minimum atomic E-state index is -0.0132. The minimum absolute atomic E-state index is 0.0132. The second-order valence-corrected chi connectivity index (χ2v) is 9.18. The van der Waals surface area contributed by atoms with E-state index in [-0.39, 0.29) is 11.8 Å². The van der Waals surface area contributed by atoms with Crippen molar-refractivity contribution in [3.63, 3.8) is 0 Å². The van der Waals surface area contributed by atoms with Crippen molar-refractivity contribution in [2.45, 2.75) is 32.6 Å². The molecule has 1 aliphatic heterocycles. The van der Waals surface area contributed by atoms with E-state index in [0.29, 0.717) is 22.2 Å². The largest absolute Gasteiger partial charge is 0.326 e. The third kappa shape index (κ3) is 5.53. The SMILES string of the molecule is Cc1ccccc1NC(=O)CCCCCN1C(=O)C(=Cc2cccs2)SC1=S. The van der Waals surface area contributed by atoms with Crippen molar-refractivity contribution in [1.29, 1.82) is 0 Å². The number of carbonyl (C=O) groups is 2. The molecule has 3 rings (SSSR count). The molecule has 0 unspecified atom stereocenters. The van der Waals surface area contributed by atoms with E-state index in [0.717, 1.165) is 35.4 Å². The number of rotatable bonds is 8. The van der Waals surface area contributed by atoms with Gasteiger partial charge >= 0.3 is 0 Å². The topological polar surface area (TPSA) is 49.4 Å². The average Bonchev–Trinajstić information content (AvgIpc) is 3.27. The highest BCUT2D eigenvalue weighted by molar-refractivity contribution is 8.26. The van der Waals surface area contributed by atoms with Gasteiger partial charge in [-0.1, -0.05) is 54.7 Å². The van der Waals surface area contributed by atoms with E-state index >= 15 is 0 Å². The van der Waals surface area contributed by atoms with E-state index in [4.69, 9.17) is 12.2 Å². The first-order valence-electron chi connectivity index (χ1n) is 9.19. The Hall–Kier alpha value is -1.96. The third-order valence-corrected chi connectivity index (χ3v) is 6.59. The Labute approximate surface area is 179 Å². The number of thiophene rings is 1. The summed E-state index contributed by atoms with van der Waals surface area (Å²) >= 11 is 8.33. The number of thioether (sulfide) groups is 1. The normalized spacial score (nSPS) is 15.5. The molecule has 0 aliphatic carbocycles. The monoisotopic (exact) mass is 430 g/mol. The van der Waals surface area contributed by atoms with E-state index in [1.54, 1.807) is 16.2 Å². The number of nitrogens with zero attached hydrogens (tertiary/aromatic N) is 1. The molecule has 2 heterocycles. The highest BCUT2D eigenvalue weighted by atomic mass is 32.2. The number of benzene rings is 1. The highest BCUT2D eigenvalue weighted by Gasteiger charge is 2.31. The van der Waals surface area contributed by atoms with Gasteiger partial charge in [0, 0.05) is 23.5 Å². The van der Waals surface area contributed by atoms with Gasteiger partial charge in [-0.2, -0.15) is 0 Å². The van der Waals surface area contributed by atoms with Crippen LogP contribution in [0.2, 0.25) is 0 Å². The van der Waals surface area contributed by atoms with Crippen LogP contribution in [-0.4, -0.2) is 27.6 Å². The van der Waals surface area contributed by atoms with E-state index in [9.17, 15) is 9.59 Å². The van der Waals surface area contributed by atoms with Gasteiger partial charge in [0.05, 0.1) is 4.91 Å². The minimum Gasteiger partial charge on any atom is -0.326 e. The summed E-state index contributed by atoms with van der Waals surface area (Å²) in [7, 11) is 0. The molecule has 0 saturated carbocycles. The summed E-state index contributed by atoms with van der Waals surface area (Å²) in [5, 5.41) is 4.94. The Morgan fingerprint density at radius 3 is 2.75 bits per heavy atom. The molecular formula is C21H22N2O2S3. The van der Waals surface area contributed by atoms with Crippen LogP contribution >= 0.6 is 35.3 Å². The lowest BCUT2D eigenvalue weighted by Gasteiger charge is -2.14. The van der Waals surface area contributed by atoms with Gasteiger partial charge in [0.1, 0.15) is 4.32 Å². The molecule has 0 radical (unpaired) electrons. The van der Waals surface area contributed by atoms with E-state index in [1.807, 2.05) is 54.8 Å². The maximum absolute atomic E-state index is 12.5. The number of aryl methyl sites for hydroxylation is 1. The summed E-state index contributed by atoms with van der Waals surface area (Å²) in [5.74, 6) is 0.0134. The maximum atomic E-state index is 12.5. The first kappa shape index (κ1) is 20.8. The molecule has 4 nitrogen and oxygen atoms in total.